The molecule has 3 N–H and O–H groups in total. The van der Waals surface area contributed by atoms with Crippen LogP contribution in [-0.2, 0) is 6.42 Å². The van der Waals surface area contributed by atoms with E-state index in [1.807, 2.05) is 50.3 Å². The first-order valence-electron chi connectivity index (χ1n) is 10.7. The van der Waals surface area contributed by atoms with Gasteiger partial charge in [0.15, 0.2) is 0 Å². The van der Waals surface area contributed by atoms with E-state index in [9.17, 15) is 4.79 Å². The van der Waals surface area contributed by atoms with Crippen molar-refractivity contribution in [2.75, 3.05) is 30.0 Å². The SMILES string of the molecule is Cc1ccc2c(Cc3ccc(N(C)C)nc3)nccc2c1NC(=O)c1csc2c(N)ncnc12. The minimum atomic E-state index is -0.234. The van der Waals surface area contributed by atoms with Crippen LogP contribution in [-0.4, -0.2) is 39.9 Å². The molecule has 1 amide bonds. The molecule has 0 atom stereocenters. The van der Waals surface area contributed by atoms with Crippen molar-refractivity contribution in [1.82, 2.24) is 19.9 Å². The predicted molar refractivity (Wildman–Crippen MR) is 138 cm³/mol. The first-order chi connectivity index (χ1) is 16.4. The summed E-state index contributed by atoms with van der Waals surface area (Å²) < 4.78 is 0.711. The Morgan fingerprint density at radius 2 is 1.91 bits per heavy atom. The number of carbonyl (C=O) groups excluding carboxylic acids is 1. The third kappa shape index (κ3) is 3.90. The Morgan fingerprint density at radius 3 is 2.68 bits per heavy atom. The Balaban J connectivity index is 1.50. The highest BCUT2D eigenvalue weighted by atomic mass is 32.1. The predicted octanol–water partition coefficient (Wildman–Crippen LogP) is 4.43. The summed E-state index contributed by atoms with van der Waals surface area (Å²) >= 11 is 1.36. The van der Waals surface area contributed by atoms with Crippen molar-refractivity contribution in [3.8, 4) is 0 Å². The number of nitrogens with one attached hydrogen (secondary N) is 1. The average molecular weight is 470 g/mol. The number of hydrogen-bond acceptors (Lipinski definition) is 8. The molecule has 34 heavy (non-hydrogen) atoms. The monoisotopic (exact) mass is 469 g/mol. The van der Waals surface area contributed by atoms with Crippen LogP contribution in [0.4, 0.5) is 17.3 Å². The van der Waals surface area contributed by atoms with Gasteiger partial charge in [-0.2, -0.15) is 0 Å². The van der Waals surface area contributed by atoms with Crippen LogP contribution in [0.2, 0.25) is 0 Å². The zero-order chi connectivity index (χ0) is 23.8. The Kier molecular flexibility index (Phi) is 5.54. The van der Waals surface area contributed by atoms with Crippen molar-refractivity contribution in [3.05, 3.63) is 76.8 Å². The fraction of sp³-hybridized carbons (Fsp3) is 0.160. The first kappa shape index (κ1) is 21.7. The molecule has 0 bridgehead atoms. The number of anilines is 3. The summed E-state index contributed by atoms with van der Waals surface area (Å²) in [4.78, 5) is 32.6. The van der Waals surface area contributed by atoms with Gasteiger partial charge in [0, 0.05) is 49.1 Å². The van der Waals surface area contributed by atoms with Crippen LogP contribution in [0.3, 0.4) is 0 Å². The number of hydrogen-bond donors (Lipinski definition) is 2. The number of nitrogens with zero attached hydrogens (tertiary/aromatic N) is 5. The molecule has 0 saturated carbocycles. The zero-order valence-electron chi connectivity index (χ0n) is 19.0. The fourth-order valence-electron chi connectivity index (χ4n) is 3.92. The minimum absolute atomic E-state index is 0.234. The van der Waals surface area contributed by atoms with E-state index in [4.69, 9.17) is 5.73 Å². The molecule has 0 saturated heterocycles. The largest absolute Gasteiger partial charge is 0.382 e. The summed E-state index contributed by atoms with van der Waals surface area (Å²) in [7, 11) is 3.93. The summed E-state index contributed by atoms with van der Waals surface area (Å²) in [6, 6.07) is 10.0. The number of rotatable bonds is 5. The molecule has 1 aromatic carbocycles. The van der Waals surface area contributed by atoms with Crippen LogP contribution in [0.25, 0.3) is 21.0 Å². The first-order valence-corrected chi connectivity index (χ1v) is 11.6. The second-order valence-electron chi connectivity index (χ2n) is 8.25. The second kappa shape index (κ2) is 8.68. The molecule has 0 aliphatic carbocycles. The molecule has 5 aromatic rings. The lowest BCUT2D eigenvalue weighted by atomic mass is 10.0. The summed E-state index contributed by atoms with van der Waals surface area (Å²) in [6.45, 7) is 1.98. The summed E-state index contributed by atoms with van der Waals surface area (Å²) in [5, 5.41) is 6.79. The van der Waals surface area contributed by atoms with E-state index < -0.39 is 0 Å². The molecule has 0 aliphatic rings. The smallest absolute Gasteiger partial charge is 0.258 e. The van der Waals surface area contributed by atoms with E-state index >= 15 is 0 Å². The molecule has 0 fully saturated rings. The number of amides is 1. The van der Waals surface area contributed by atoms with Crippen LogP contribution in [0.15, 0.2) is 54.4 Å². The summed E-state index contributed by atoms with van der Waals surface area (Å²) in [5.41, 5.74) is 10.7. The number of pyridine rings is 2. The van der Waals surface area contributed by atoms with Crippen LogP contribution in [0.5, 0.6) is 0 Å². The molecule has 0 spiro atoms. The molecule has 9 heteroatoms. The highest BCUT2D eigenvalue weighted by Gasteiger charge is 2.18. The van der Waals surface area contributed by atoms with Gasteiger partial charge in [-0.1, -0.05) is 18.2 Å². The van der Waals surface area contributed by atoms with Gasteiger partial charge in [-0.15, -0.1) is 11.3 Å². The van der Waals surface area contributed by atoms with Gasteiger partial charge in [-0.25, -0.2) is 15.0 Å². The van der Waals surface area contributed by atoms with E-state index in [2.05, 4.69) is 37.4 Å². The van der Waals surface area contributed by atoms with Crippen molar-refractivity contribution in [2.24, 2.45) is 0 Å². The Hall–Kier alpha value is -4.11. The van der Waals surface area contributed by atoms with Crippen LogP contribution in [0.1, 0.15) is 27.2 Å². The van der Waals surface area contributed by atoms with E-state index in [0.29, 0.717) is 28.0 Å². The van der Waals surface area contributed by atoms with E-state index in [-0.39, 0.29) is 5.91 Å². The molecule has 170 valence electrons. The van der Waals surface area contributed by atoms with Crippen LogP contribution in [0, 0.1) is 6.92 Å². The highest BCUT2D eigenvalue weighted by Crippen LogP contribution is 2.32. The van der Waals surface area contributed by atoms with Crippen molar-refractivity contribution in [3.63, 3.8) is 0 Å². The minimum Gasteiger partial charge on any atom is -0.382 e. The molecule has 8 nitrogen and oxygen atoms in total. The number of carbonyl (C=O) groups is 1. The topological polar surface area (TPSA) is 110 Å². The molecule has 0 aliphatic heterocycles. The number of aromatic nitrogens is 4. The van der Waals surface area contributed by atoms with Gasteiger partial charge in [0.1, 0.15) is 18.0 Å². The van der Waals surface area contributed by atoms with Crippen molar-refractivity contribution < 1.29 is 4.79 Å². The molecular formula is C25H23N7OS. The number of fused-ring (bicyclic) bond motifs is 2. The molecule has 5 rings (SSSR count). The van der Waals surface area contributed by atoms with Crippen LogP contribution < -0.4 is 16.0 Å². The fourth-order valence-corrected chi connectivity index (χ4v) is 4.82. The average Bonchev–Trinajstić information content (AvgIpc) is 3.27. The molecule has 4 aromatic heterocycles. The maximum Gasteiger partial charge on any atom is 0.258 e. The molecular weight excluding hydrogens is 446 g/mol. The van der Waals surface area contributed by atoms with Gasteiger partial charge in [0.2, 0.25) is 0 Å². The van der Waals surface area contributed by atoms with Crippen molar-refractivity contribution >= 4 is 55.6 Å². The van der Waals surface area contributed by atoms with E-state index in [0.717, 1.165) is 39.1 Å². The van der Waals surface area contributed by atoms with Gasteiger partial charge in [-0.05, 0) is 30.2 Å². The van der Waals surface area contributed by atoms with E-state index in [1.165, 1.54) is 17.7 Å². The van der Waals surface area contributed by atoms with Gasteiger partial charge >= 0.3 is 0 Å². The lowest BCUT2D eigenvalue weighted by Gasteiger charge is -2.14. The second-order valence-corrected chi connectivity index (χ2v) is 9.13. The van der Waals surface area contributed by atoms with E-state index in [1.54, 1.807) is 11.6 Å². The molecule has 0 radical (unpaired) electrons. The van der Waals surface area contributed by atoms with Crippen molar-refractivity contribution in [2.45, 2.75) is 13.3 Å². The lowest BCUT2D eigenvalue weighted by Crippen LogP contribution is -2.13. The van der Waals surface area contributed by atoms with Gasteiger partial charge in [0.25, 0.3) is 5.91 Å². The Morgan fingerprint density at radius 1 is 1.06 bits per heavy atom. The zero-order valence-corrected chi connectivity index (χ0v) is 19.8. The highest BCUT2D eigenvalue weighted by molar-refractivity contribution is 7.18. The number of nitrogens with two attached hydrogens (primary N) is 1. The van der Waals surface area contributed by atoms with Crippen LogP contribution >= 0.6 is 11.3 Å². The maximum absolute atomic E-state index is 13.2. The number of aryl methyl sites for hydroxylation is 1. The summed E-state index contributed by atoms with van der Waals surface area (Å²) in [6.07, 6.45) is 5.67. The van der Waals surface area contributed by atoms with Gasteiger partial charge in [0.05, 0.1) is 27.2 Å². The number of thiophene rings is 1. The number of benzene rings is 1. The third-order valence-electron chi connectivity index (χ3n) is 5.74. The van der Waals surface area contributed by atoms with Gasteiger partial charge < -0.3 is 16.0 Å². The Bertz CT molecular complexity index is 1530. The number of nitrogen functional groups attached to an aromatic ring is 1. The quantitative estimate of drug-likeness (QED) is 0.392. The lowest BCUT2D eigenvalue weighted by molar-refractivity contribution is 0.102. The summed E-state index contributed by atoms with van der Waals surface area (Å²) in [5.74, 6) is 1.05. The maximum atomic E-state index is 13.2. The van der Waals surface area contributed by atoms with Gasteiger partial charge in [-0.3, -0.25) is 9.78 Å². The van der Waals surface area contributed by atoms with Crippen molar-refractivity contribution in [1.29, 1.82) is 0 Å². The Labute approximate surface area is 200 Å². The third-order valence-corrected chi connectivity index (χ3v) is 6.73. The molecule has 0 unspecified atom stereocenters. The standard InChI is InChI=1S/C25H23N7OS/c1-14-4-6-16-17(8-9-27-19(16)10-15-5-7-20(28-11-15)32(2)3)21(14)31-25(33)18-12-34-23-22(18)29-13-30-24(23)26/h4-9,11-13H,10H2,1-3H3,(H,31,33)(H2,26,29,30). The normalized spacial score (nSPS) is 11.1. The molecule has 4 heterocycles.